The fraction of sp³-hybridized carbons (Fsp3) is 0.353. The van der Waals surface area contributed by atoms with Crippen molar-refractivity contribution in [2.75, 3.05) is 0 Å². The number of hydrogen-bond donors (Lipinski definition) is 0. The summed E-state index contributed by atoms with van der Waals surface area (Å²) in [5.41, 5.74) is 4.11. The second-order valence-electron chi connectivity index (χ2n) is 9.29. The molecule has 36 heavy (non-hydrogen) atoms. The van der Waals surface area contributed by atoms with Crippen molar-refractivity contribution >= 4 is 0 Å². The molecule has 0 nitrogen and oxygen atoms in total. The van der Waals surface area contributed by atoms with Gasteiger partial charge in [0.05, 0.1) is 5.56 Å². The first-order valence-electron chi connectivity index (χ1n) is 13.3. The van der Waals surface area contributed by atoms with Crippen LogP contribution in [0.2, 0.25) is 0 Å². The summed E-state index contributed by atoms with van der Waals surface area (Å²) in [5.74, 6) is 9.97. The Morgan fingerprint density at radius 1 is 0.528 bits per heavy atom. The first-order chi connectivity index (χ1) is 17.6. The van der Waals surface area contributed by atoms with Gasteiger partial charge in [-0.25, -0.2) is 8.78 Å². The van der Waals surface area contributed by atoms with Crippen LogP contribution in [0.4, 0.5) is 8.78 Å². The Kier molecular flexibility index (Phi) is 11.3. The molecule has 0 aliphatic heterocycles. The van der Waals surface area contributed by atoms with Crippen LogP contribution in [-0.2, 0) is 12.8 Å². The van der Waals surface area contributed by atoms with Gasteiger partial charge in [0.2, 0.25) is 0 Å². The lowest BCUT2D eigenvalue weighted by Crippen LogP contribution is -1.93. The highest BCUT2D eigenvalue weighted by Crippen LogP contribution is 2.16. The second kappa shape index (κ2) is 14.9. The number of rotatable bonds is 10. The van der Waals surface area contributed by atoms with Crippen molar-refractivity contribution in [3.05, 3.63) is 106 Å². The van der Waals surface area contributed by atoms with E-state index in [9.17, 15) is 8.78 Å². The van der Waals surface area contributed by atoms with Crippen LogP contribution in [0.25, 0.3) is 0 Å². The van der Waals surface area contributed by atoms with Gasteiger partial charge in [-0.1, -0.05) is 107 Å². The summed E-state index contributed by atoms with van der Waals surface area (Å²) in [6.45, 7) is 4.33. The van der Waals surface area contributed by atoms with Crippen molar-refractivity contribution < 1.29 is 8.78 Å². The van der Waals surface area contributed by atoms with Gasteiger partial charge in [0.25, 0.3) is 0 Å². The van der Waals surface area contributed by atoms with E-state index < -0.39 is 11.6 Å². The van der Waals surface area contributed by atoms with Gasteiger partial charge in [-0.15, -0.1) is 0 Å². The molecule has 0 heterocycles. The lowest BCUT2D eigenvalue weighted by atomic mass is 10.0. The number of aryl methyl sites for hydroxylation is 2. The summed E-state index contributed by atoms with van der Waals surface area (Å²) in [6, 6.07) is 18.3. The largest absolute Gasteiger partial charge is 0.205 e. The average Bonchev–Trinajstić information content (AvgIpc) is 2.89. The van der Waals surface area contributed by atoms with Crippen molar-refractivity contribution in [3.8, 4) is 23.7 Å². The van der Waals surface area contributed by atoms with Crippen LogP contribution in [0.1, 0.15) is 98.6 Å². The molecule has 0 amide bonds. The normalized spacial score (nSPS) is 10.3. The Balaban J connectivity index is 1.55. The minimum Gasteiger partial charge on any atom is -0.205 e. The van der Waals surface area contributed by atoms with Gasteiger partial charge in [0, 0.05) is 16.7 Å². The zero-order valence-corrected chi connectivity index (χ0v) is 21.6. The molecule has 3 aromatic carbocycles. The van der Waals surface area contributed by atoms with Crippen molar-refractivity contribution in [3.63, 3.8) is 0 Å². The fourth-order valence-electron chi connectivity index (χ4n) is 4.09. The maximum atomic E-state index is 14.6. The number of hydrogen-bond acceptors (Lipinski definition) is 0. The summed E-state index contributed by atoms with van der Waals surface area (Å²) in [5, 5.41) is 0. The summed E-state index contributed by atoms with van der Waals surface area (Å²) in [6.07, 6.45) is 12.5. The minimum absolute atomic E-state index is 0.226. The highest BCUT2D eigenvalue weighted by Gasteiger charge is 2.08. The number of halogens is 2. The zero-order valence-electron chi connectivity index (χ0n) is 21.6. The van der Waals surface area contributed by atoms with Crippen LogP contribution in [0.5, 0.6) is 0 Å². The molecular formula is C34H36F2. The second-order valence-corrected chi connectivity index (χ2v) is 9.29. The van der Waals surface area contributed by atoms with Gasteiger partial charge in [0.1, 0.15) is 11.6 Å². The molecule has 2 heteroatoms. The molecule has 0 unspecified atom stereocenters. The molecular weight excluding hydrogens is 446 g/mol. The molecule has 0 aliphatic rings. The van der Waals surface area contributed by atoms with Crippen LogP contribution < -0.4 is 0 Å². The standard InChI is InChI=1S/C34H36F2/c1-3-5-6-7-8-9-10-11-12-28-17-19-30(20-18-28)23-24-32-33(35)25-31(26-34(32)36)22-21-29-15-13-27(4-2)14-16-29/h13-20,25-26H,3-12H2,1-2H3. The number of unbranched alkanes of at least 4 members (excludes halogenated alkanes) is 7. The van der Waals surface area contributed by atoms with Gasteiger partial charge in [0.15, 0.2) is 0 Å². The van der Waals surface area contributed by atoms with E-state index >= 15 is 0 Å². The Morgan fingerprint density at radius 2 is 1.00 bits per heavy atom. The lowest BCUT2D eigenvalue weighted by molar-refractivity contribution is 0.575. The molecule has 0 aromatic heterocycles. The Bertz CT molecular complexity index is 1190. The SMILES string of the molecule is CCCCCCCCCCc1ccc(C#Cc2c(F)cc(C#Cc3ccc(CC)cc3)cc2F)cc1. The summed E-state index contributed by atoms with van der Waals surface area (Å²) in [4.78, 5) is 0. The van der Waals surface area contributed by atoms with Crippen molar-refractivity contribution in [1.29, 1.82) is 0 Å². The molecule has 0 spiro atoms. The highest BCUT2D eigenvalue weighted by atomic mass is 19.1. The quantitative estimate of drug-likeness (QED) is 0.200. The molecule has 3 aromatic rings. The predicted molar refractivity (Wildman–Crippen MR) is 147 cm³/mol. The number of benzene rings is 3. The summed E-state index contributed by atoms with van der Waals surface area (Å²) in [7, 11) is 0. The highest BCUT2D eigenvalue weighted by molar-refractivity contribution is 5.49. The van der Waals surface area contributed by atoms with Gasteiger partial charge in [-0.05, 0) is 66.8 Å². The Hall–Kier alpha value is -3.36. The smallest absolute Gasteiger partial charge is 0.143 e. The Morgan fingerprint density at radius 3 is 1.56 bits per heavy atom. The van der Waals surface area contributed by atoms with Crippen LogP contribution in [0, 0.1) is 35.3 Å². The van der Waals surface area contributed by atoms with Gasteiger partial charge in [-0.2, -0.15) is 0 Å². The third-order valence-corrected chi connectivity index (χ3v) is 6.36. The molecule has 186 valence electrons. The van der Waals surface area contributed by atoms with Crippen molar-refractivity contribution in [1.82, 2.24) is 0 Å². The van der Waals surface area contributed by atoms with E-state index in [0.29, 0.717) is 5.56 Å². The van der Waals surface area contributed by atoms with E-state index in [-0.39, 0.29) is 5.56 Å². The van der Waals surface area contributed by atoms with Gasteiger partial charge in [-0.3, -0.25) is 0 Å². The first kappa shape index (κ1) is 27.2. The van der Waals surface area contributed by atoms with Crippen LogP contribution >= 0.6 is 0 Å². The molecule has 0 radical (unpaired) electrons. The lowest BCUT2D eigenvalue weighted by Gasteiger charge is -2.03. The van der Waals surface area contributed by atoms with E-state index in [1.807, 2.05) is 36.4 Å². The third-order valence-electron chi connectivity index (χ3n) is 6.36. The molecule has 3 rings (SSSR count). The van der Waals surface area contributed by atoms with E-state index in [2.05, 4.69) is 49.7 Å². The molecule has 0 saturated heterocycles. The van der Waals surface area contributed by atoms with Crippen molar-refractivity contribution in [2.45, 2.75) is 78.1 Å². The predicted octanol–water partition coefficient (Wildman–Crippen LogP) is 9.01. The molecule has 0 aliphatic carbocycles. The van der Waals surface area contributed by atoms with E-state index in [4.69, 9.17) is 0 Å². The van der Waals surface area contributed by atoms with Gasteiger partial charge < -0.3 is 0 Å². The Labute approximate surface area is 216 Å². The molecule has 0 N–H and O–H groups in total. The van der Waals surface area contributed by atoms with Crippen molar-refractivity contribution in [2.24, 2.45) is 0 Å². The summed E-state index contributed by atoms with van der Waals surface area (Å²) >= 11 is 0. The topological polar surface area (TPSA) is 0 Å². The molecule has 0 bridgehead atoms. The maximum absolute atomic E-state index is 14.6. The van der Waals surface area contributed by atoms with Crippen LogP contribution in [-0.4, -0.2) is 0 Å². The minimum atomic E-state index is -0.695. The van der Waals surface area contributed by atoms with Crippen LogP contribution in [0.15, 0.2) is 60.7 Å². The molecule has 0 atom stereocenters. The maximum Gasteiger partial charge on any atom is 0.143 e. The molecule has 0 fully saturated rings. The van der Waals surface area contributed by atoms with Gasteiger partial charge >= 0.3 is 0 Å². The van der Waals surface area contributed by atoms with Crippen LogP contribution in [0.3, 0.4) is 0 Å². The monoisotopic (exact) mass is 482 g/mol. The fourth-order valence-corrected chi connectivity index (χ4v) is 4.09. The van der Waals surface area contributed by atoms with E-state index in [0.717, 1.165) is 24.0 Å². The van der Waals surface area contributed by atoms with E-state index in [1.165, 1.54) is 74.6 Å². The average molecular weight is 483 g/mol. The first-order valence-corrected chi connectivity index (χ1v) is 13.3. The third kappa shape index (κ3) is 9.02. The van der Waals surface area contributed by atoms with E-state index in [1.54, 1.807) is 0 Å². The molecule has 0 saturated carbocycles. The summed E-state index contributed by atoms with van der Waals surface area (Å²) < 4.78 is 29.2. The zero-order chi connectivity index (χ0) is 25.6.